The molecule has 0 radical (unpaired) electrons. The summed E-state index contributed by atoms with van der Waals surface area (Å²) in [5, 5.41) is 4.25. The quantitative estimate of drug-likeness (QED) is 0.510. The summed E-state index contributed by atoms with van der Waals surface area (Å²) in [7, 11) is 0. The van der Waals surface area contributed by atoms with Gasteiger partial charge in [-0.15, -0.1) is 0 Å². The van der Waals surface area contributed by atoms with E-state index in [1.54, 1.807) is 35.2 Å². The minimum atomic E-state index is -0.608. The summed E-state index contributed by atoms with van der Waals surface area (Å²) >= 11 is 12.4. The van der Waals surface area contributed by atoms with Crippen molar-refractivity contribution in [1.29, 1.82) is 0 Å². The zero-order valence-corrected chi connectivity index (χ0v) is 19.9. The topological polar surface area (TPSA) is 58.6 Å². The molecule has 1 atom stereocenters. The van der Waals surface area contributed by atoms with E-state index >= 15 is 0 Å². The third kappa shape index (κ3) is 6.88. The van der Waals surface area contributed by atoms with E-state index in [2.05, 4.69) is 5.32 Å². The zero-order valence-electron chi connectivity index (χ0n) is 18.4. The second kappa shape index (κ2) is 12.1. The van der Waals surface area contributed by atoms with Crippen LogP contribution in [0.1, 0.15) is 51.0 Å². The average Bonchev–Trinajstić information content (AvgIpc) is 2.79. The number of nitrogens with one attached hydrogen (secondary N) is 1. The molecule has 32 heavy (non-hydrogen) atoms. The number of carbonyl (C=O) groups excluding carboxylic acids is 2. The minimum Gasteiger partial charge on any atom is -0.484 e. The van der Waals surface area contributed by atoms with Crippen LogP contribution < -0.4 is 10.1 Å². The molecule has 3 rings (SSSR count). The van der Waals surface area contributed by atoms with Crippen LogP contribution in [-0.2, 0) is 16.1 Å². The van der Waals surface area contributed by atoms with Crippen LogP contribution in [0.25, 0.3) is 0 Å². The Morgan fingerprint density at radius 2 is 1.84 bits per heavy atom. The van der Waals surface area contributed by atoms with E-state index in [9.17, 15) is 9.59 Å². The predicted octanol–water partition coefficient (Wildman–Crippen LogP) is 5.63. The van der Waals surface area contributed by atoms with Crippen molar-refractivity contribution in [2.75, 3.05) is 6.61 Å². The van der Waals surface area contributed by atoms with Gasteiger partial charge >= 0.3 is 0 Å². The van der Waals surface area contributed by atoms with Crippen LogP contribution >= 0.6 is 23.2 Å². The number of hydrogen-bond acceptors (Lipinski definition) is 3. The Bertz CT molecular complexity index is 916. The summed E-state index contributed by atoms with van der Waals surface area (Å²) < 4.78 is 5.68. The number of ether oxygens (including phenoxy) is 1. The first kappa shape index (κ1) is 24.4. The van der Waals surface area contributed by atoms with Gasteiger partial charge in [-0.25, -0.2) is 0 Å². The van der Waals surface area contributed by atoms with E-state index in [0.29, 0.717) is 22.2 Å². The molecule has 0 spiro atoms. The Morgan fingerprint density at radius 3 is 2.53 bits per heavy atom. The van der Waals surface area contributed by atoms with E-state index in [4.69, 9.17) is 27.9 Å². The van der Waals surface area contributed by atoms with Crippen LogP contribution in [0.5, 0.6) is 5.75 Å². The molecule has 1 aliphatic carbocycles. The Labute approximate surface area is 200 Å². The van der Waals surface area contributed by atoms with E-state index in [1.165, 1.54) is 6.42 Å². The molecule has 5 nitrogen and oxygen atoms in total. The zero-order chi connectivity index (χ0) is 22.9. The average molecular weight is 477 g/mol. The SMILES string of the molecule is CCC(C(=O)NC1CCCCC1)N(Cc1ccccc1Cl)C(=O)COc1cccc(Cl)c1. The largest absolute Gasteiger partial charge is 0.484 e. The number of hydrogen-bond donors (Lipinski definition) is 1. The molecule has 1 N–H and O–H groups in total. The fraction of sp³-hybridized carbons (Fsp3) is 0.440. The summed E-state index contributed by atoms with van der Waals surface area (Å²) in [6, 6.07) is 13.8. The third-order valence-electron chi connectivity index (χ3n) is 5.79. The van der Waals surface area contributed by atoms with Gasteiger partial charge in [-0.2, -0.15) is 0 Å². The van der Waals surface area contributed by atoms with E-state index < -0.39 is 6.04 Å². The summed E-state index contributed by atoms with van der Waals surface area (Å²) in [6.45, 7) is 1.95. The first-order valence-corrected chi connectivity index (χ1v) is 11.9. The Kier molecular flexibility index (Phi) is 9.24. The van der Waals surface area contributed by atoms with Gasteiger partial charge in [0.2, 0.25) is 5.91 Å². The summed E-state index contributed by atoms with van der Waals surface area (Å²) in [6.07, 6.45) is 5.92. The number of rotatable bonds is 9. The number of nitrogens with zero attached hydrogens (tertiary/aromatic N) is 1. The number of halogens is 2. The Hall–Kier alpha value is -2.24. The van der Waals surface area contributed by atoms with Gasteiger partial charge in [-0.3, -0.25) is 9.59 Å². The van der Waals surface area contributed by atoms with Crippen LogP contribution in [0.3, 0.4) is 0 Å². The molecule has 0 bridgehead atoms. The lowest BCUT2D eigenvalue weighted by atomic mass is 9.95. The Morgan fingerprint density at radius 1 is 1.09 bits per heavy atom. The van der Waals surface area contributed by atoms with Crippen molar-refractivity contribution in [1.82, 2.24) is 10.2 Å². The van der Waals surface area contributed by atoms with E-state index in [1.807, 2.05) is 25.1 Å². The molecular formula is C25H30Cl2N2O3. The van der Waals surface area contributed by atoms with Gasteiger partial charge in [0.1, 0.15) is 11.8 Å². The van der Waals surface area contributed by atoms with Gasteiger partial charge in [0, 0.05) is 22.6 Å². The second-order valence-electron chi connectivity index (χ2n) is 8.13. The van der Waals surface area contributed by atoms with Crippen molar-refractivity contribution in [3.63, 3.8) is 0 Å². The first-order valence-electron chi connectivity index (χ1n) is 11.2. The first-order chi connectivity index (χ1) is 15.5. The standard InChI is InChI=1S/C25H30Cl2N2O3/c1-2-23(25(31)28-20-11-4-3-5-12-20)29(16-18-9-6-7-14-22(18)27)24(30)17-32-21-13-8-10-19(26)15-21/h6-10,13-15,20,23H,2-5,11-12,16-17H2,1H3,(H,28,31). The molecule has 2 amide bonds. The van der Waals surface area contributed by atoms with Gasteiger partial charge in [0.15, 0.2) is 6.61 Å². The Balaban J connectivity index is 1.76. The van der Waals surface area contributed by atoms with Crippen LogP contribution in [-0.4, -0.2) is 35.4 Å². The lowest BCUT2D eigenvalue weighted by Gasteiger charge is -2.33. The molecular weight excluding hydrogens is 447 g/mol. The highest BCUT2D eigenvalue weighted by Crippen LogP contribution is 2.22. The van der Waals surface area contributed by atoms with E-state index in [-0.39, 0.29) is 31.0 Å². The lowest BCUT2D eigenvalue weighted by molar-refractivity contribution is -0.143. The molecule has 1 fully saturated rings. The van der Waals surface area contributed by atoms with Crippen LogP contribution in [0.4, 0.5) is 0 Å². The smallest absolute Gasteiger partial charge is 0.261 e. The van der Waals surface area contributed by atoms with Crippen molar-refractivity contribution in [2.45, 2.75) is 64.1 Å². The predicted molar refractivity (Wildman–Crippen MR) is 128 cm³/mol. The van der Waals surface area contributed by atoms with Gasteiger partial charge in [0.05, 0.1) is 0 Å². The fourth-order valence-corrected chi connectivity index (χ4v) is 4.43. The minimum absolute atomic E-state index is 0.123. The molecule has 1 unspecified atom stereocenters. The van der Waals surface area contributed by atoms with Crippen molar-refractivity contribution in [3.8, 4) is 5.75 Å². The monoisotopic (exact) mass is 476 g/mol. The molecule has 0 aromatic heterocycles. The molecule has 7 heteroatoms. The van der Waals surface area contributed by atoms with Gasteiger partial charge in [0.25, 0.3) is 5.91 Å². The van der Waals surface area contributed by atoms with Gasteiger partial charge < -0.3 is 15.0 Å². The van der Waals surface area contributed by atoms with Gasteiger partial charge in [-0.1, -0.05) is 73.7 Å². The fourth-order valence-electron chi connectivity index (χ4n) is 4.06. The highest BCUT2D eigenvalue weighted by Gasteiger charge is 2.31. The number of amides is 2. The molecule has 0 saturated heterocycles. The molecule has 172 valence electrons. The normalized spacial score (nSPS) is 15.1. The van der Waals surface area contributed by atoms with Crippen LogP contribution in [0.15, 0.2) is 48.5 Å². The highest BCUT2D eigenvalue weighted by atomic mass is 35.5. The molecule has 1 aliphatic rings. The molecule has 2 aromatic rings. The summed E-state index contributed by atoms with van der Waals surface area (Å²) in [4.78, 5) is 28.0. The molecule has 0 heterocycles. The van der Waals surface area contributed by atoms with Gasteiger partial charge in [-0.05, 0) is 49.1 Å². The molecule has 0 aliphatic heterocycles. The third-order valence-corrected chi connectivity index (χ3v) is 6.40. The van der Waals surface area contributed by atoms with Crippen molar-refractivity contribution >= 4 is 35.0 Å². The maximum absolute atomic E-state index is 13.3. The molecule has 1 saturated carbocycles. The molecule has 2 aromatic carbocycles. The van der Waals surface area contributed by atoms with Crippen molar-refractivity contribution < 1.29 is 14.3 Å². The maximum Gasteiger partial charge on any atom is 0.261 e. The number of benzene rings is 2. The van der Waals surface area contributed by atoms with Crippen molar-refractivity contribution in [3.05, 3.63) is 64.1 Å². The van der Waals surface area contributed by atoms with Crippen LogP contribution in [0.2, 0.25) is 10.0 Å². The highest BCUT2D eigenvalue weighted by molar-refractivity contribution is 6.31. The van der Waals surface area contributed by atoms with Crippen LogP contribution in [0, 0.1) is 0 Å². The maximum atomic E-state index is 13.3. The second-order valence-corrected chi connectivity index (χ2v) is 8.97. The number of carbonyl (C=O) groups is 2. The van der Waals surface area contributed by atoms with Crippen molar-refractivity contribution in [2.24, 2.45) is 0 Å². The summed E-state index contributed by atoms with van der Waals surface area (Å²) in [5.74, 6) is 0.0985. The van der Waals surface area contributed by atoms with E-state index in [0.717, 1.165) is 31.2 Å². The lowest BCUT2D eigenvalue weighted by Crippen LogP contribution is -2.52. The summed E-state index contributed by atoms with van der Waals surface area (Å²) in [5.41, 5.74) is 0.786.